The number of hydrogen-bond donors (Lipinski definition) is 3. The van der Waals surface area contributed by atoms with Gasteiger partial charge in [-0.15, -0.1) is 0 Å². The van der Waals surface area contributed by atoms with Gasteiger partial charge < -0.3 is 20.5 Å². The second kappa shape index (κ2) is 6.78. The van der Waals surface area contributed by atoms with Crippen molar-refractivity contribution >= 4 is 22.8 Å². The molecule has 2 aromatic rings. The summed E-state index contributed by atoms with van der Waals surface area (Å²) in [6, 6.07) is 7.68. The first-order valence-electron chi connectivity index (χ1n) is 8.77. The van der Waals surface area contributed by atoms with E-state index in [1.165, 1.54) is 0 Å². The van der Waals surface area contributed by atoms with Gasteiger partial charge in [0.25, 0.3) is 5.91 Å². The van der Waals surface area contributed by atoms with Crippen LogP contribution in [0.2, 0.25) is 0 Å². The number of nitrogens with zero attached hydrogens (tertiary/aromatic N) is 1. The number of amides is 3. The molecular formula is C19H26N4O2. The minimum absolute atomic E-state index is 0.0322. The lowest BCUT2D eigenvalue weighted by molar-refractivity contribution is 0.0917. The Morgan fingerprint density at radius 3 is 2.56 bits per heavy atom. The number of aromatic nitrogens is 1. The number of urea groups is 1. The Morgan fingerprint density at radius 1 is 1.16 bits per heavy atom. The maximum atomic E-state index is 12.5. The lowest BCUT2D eigenvalue weighted by atomic mass is 10.0. The second-order valence-corrected chi connectivity index (χ2v) is 7.69. The molecule has 6 nitrogen and oxygen atoms in total. The van der Waals surface area contributed by atoms with E-state index in [2.05, 4.69) is 15.6 Å². The predicted molar refractivity (Wildman–Crippen MR) is 98.6 cm³/mol. The third-order valence-electron chi connectivity index (χ3n) is 4.41. The number of aromatic amines is 1. The van der Waals surface area contributed by atoms with E-state index in [1.54, 1.807) is 0 Å². The number of nitrogens with one attached hydrogen (secondary N) is 3. The molecule has 1 aliphatic heterocycles. The van der Waals surface area contributed by atoms with E-state index in [9.17, 15) is 9.59 Å². The smallest absolute Gasteiger partial charge is 0.317 e. The number of likely N-dealkylation sites (tertiary alicyclic amines) is 1. The molecule has 134 valence electrons. The van der Waals surface area contributed by atoms with Crippen LogP contribution in [0.25, 0.3) is 10.9 Å². The number of rotatable bonds is 2. The van der Waals surface area contributed by atoms with Crippen molar-refractivity contribution in [3.05, 3.63) is 36.0 Å². The van der Waals surface area contributed by atoms with Crippen LogP contribution in [0.4, 0.5) is 4.79 Å². The minimum atomic E-state index is -0.237. The summed E-state index contributed by atoms with van der Waals surface area (Å²) in [5.74, 6) is -0.0549. The number of piperidine rings is 1. The minimum Gasteiger partial charge on any atom is -0.361 e. The number of carbonyl (C=O) groups is 2. The normalized spacial score (nSPS) is 16.0. The highest BCUT2D eigenvalue weighted by Crippen LogP contribution is 2.16. The highest BCUT2D eigenvalue weighted by molar-refractivity contribution is 5.98. The van der Waals surface area contributed by atoms with Gasteiger partial charge in [-0.05, 0) is 57.9 Å². The van der Waals surface area contributed by atoms with Crippen LogP contribution < -0.4 is 10.6 Å². The number of fused-ring (bicyclic) bond motifs is 1. The zero-order valence-corrected chi connectivity index (χ0v) is 15.1. The number of carbonyl (C=O) groups excluding carboxylic acids is 2. The Labute approximate surface area is 148 Å². The number of hydrogen-bond acceptors (Lipinski definition) is 2. The molecule has 1 aromatic heterocycles. The maximum Gasteiger partial charge on any atom is 0.317 e. The Kier molecular flexibility index (Phi) is 4.70. The van der Waals surface area contributed by atoms with Crippen LogP contribution in [0, 0.1) is 0 Å². The lowest BCUT2D eigenvalue weighted by Crippen LogP contribution is -2.53. The van der Waals surface area contributed by atoms with Gasteiger partial charge in [0.1, 0.15) is 0 Å². The molecule has 6 heteroatoms. The molecule has 3 rings (SSSR count). The molecule has 0 atom stereocenters. The van der Waals surface area contributed by atoms with E-state index in [1.807, 2.05) is 56.1 Å². The average molecular weight is 342 g/mol. The van der Waals surface area contributed by atoms with Crippen molar-refractivity contribution in [2.24, 2.45) is 0 Å². The first-order valence-corrected chi connectivity index (χ1v) is 8.77. The van der Waals surface area contributed by atoms with Crippen LogP contribution in [0.3, 0.4) is 0 Å². The standard InChI is InChI=1S/C19H26N4O2/c1-19(2,3)22-18(25)23-10-7-15(8-11-23)21-17(24)14-4-5-16-13(12-14)6-9-20-16/h4-6,9,12,15,20H,7-8,10-11H2,1-3H3,(H,21,24)(H,22,25). The summed E-state index contributed by atoms with van der Waals surface area (Å²) in [7, 11) is 0. The molecule has 0 spiro atoms. The van der Waals surface area contributed by atoms with Crippen LogP contribution in [0.1, 0.15) is 44.0 Å². The van der Waals surface area contributed by atoms with Crippen molar-refractivity contribution in [1.82, 2.24) is 20.5 Å². The van der Waals surface area contributed by atoms with E-state index in [0.29, 0.717) is 18.7 Å². The van der Waals surface area contributed by atoms with Gasteiger partial charge in [-0.1, -0.05) is 0 Å². The molecule has 2 heterocycles. The van der Waals surface area contributed by atoms with Crippen molar-refractivity contribution < 1.29 is 9.59 Å². The van der Waals surface area contributed by atoms with E-state index >= 15 is 0 Å². The van der Waals surface area contributed by atoms with Crippen molar-refractivity contribution in [3.8, 4) is 0 Å². The van der Waals surface area contributed by atoms with Gasteiger partial charge in [0.05, 0.1) is 0 Å². The molecular weight excluding hydrogens is 316 g/mol. The largest absolute Gasteiger partial charge is 0.361 e. The molecule has 1 saturated heterocycles. The fourth-order valence-corrected chi connectivity index (χ4v) is 3.09. The second-order valence-electron chi connectivity index (χ2n) is 7.69. The Bertz CT molecular complexity index is 767. The zero-order chi connectivity index (χ0) is 18.0. The predicted octanol–water partition coefficient (Wildman–Crippen LogP) is 2.87. The monoisotopic (exact) mass is 342 g/mol. The van der Waals surface area contributed by atoms with Crippen molar-refractivity contribution in [3.63, 3.8) is 0 Å². The molecule has 1 aliphatic rings. The van der Waals surface area contributed by atoms with Gasteiger partial charge in [-0.2, -0.15) is 0 Å². The summed E-state index contributed by atoms with van der Waals surface area (Å²) >= 11 is 0. The molecule has 0 unspecified atom stereocenters. The first kappa shape index (κ1) is 17.3. The fourth-order valence-electron chi connectivity index (χ4n) is 3.09. The van der Waals surface area contributed by atoms with Crippen molar-refractivity contribution in [1.29, 1.82) is 0 Å². The third-order valence-corrected chi connectivity index (χ3v) is 4.41. The molecule has 0 saturated carbocycles. The molecule has 25 heavy (non-hydrogen) atoms. The van der Waals surface area contributed by atoms with Crippen molar-refractivity contribution in [2.75, 3.05) is 13.1 Å². The van der Waals surface area contributed by atoms with E-state index < -0.39 is 0 Å². The van der Waals surface area contributed by atoms with Crippen molar-refractivity contribution in [2.45, 2.75) is 45.2 Å². The molecule has 0 bridgehead atoms. The highest BCUT2D eigenvalue weighted by Gasteiger charge is 2.26. The summed E-state index contributed by atoms with van der Waals surface area (Å²) < 4.78 is 0. The van der Waals surface area contributed by atoms with E-state index in [0.717, 1.165) is 23.7 Å². The van der Waals surface area contributed by atoms with Gasteiger partial charge in [-0.25, -0.2) is 4.79 Å². The van der Waals surface area contributed by atoms with Gasteiger partial charge >= 0.3 is 6.03 Å². The summed E-state index contributed by atoms with van der Waals surface area (Å²) in [4.78, 5) is 29.6. The van der Waals surface area contributed by atoms with Crippen LogP contribution in [-0.2, 0) is 0 Å². The van der Waals surface area contributed by atoms with Gasteiger partial charge in [0.15, 0.2) is 0 Å². The topological polar surface area (TPSA) is 77.2 Å². The van der Waals surface area contributed by atoms with Gasteiger partial charge in [0.2, 0.25) is 0 Å². The highest BCUT2D eigenvalue weighted by atomic mass is 16.2. The van der Waals surface area contributed by atoms with Crippen LogP contribution in [0.5, 0.6) is 0 Å². The van der Waals surface area contributed by atoms with E-state index in [-0.39, 0.29) is 23.5 Å². The Balaban J connectivity index is 1.53. The number of H-pyrrole nitrogens is 1. The van der Waals surface area contributed by atoms with Crippen LogP contribution >= 0.6 is 0 Å². The lowest BCUT2D eigenvalue weighted by Gasteiger charge is -2.34. The zero-order valence-electron chi connectivity index (χ0n) is 15.1. The third kappa shape index (κ3) is 4.32. The number of benzene rings is 1. The summed E-state index contributed by atoms with van der Waals surface area (Å²) in [5, 5.41) is 7.10. The molecule has 3 N–H and O–H groups in total. The molecule has 0 aliphatic carbocycles. The van der Waals surface area contributed by atoms with E-state index in [4.69, 9.17) is 0 Å². The van der Waals surface area contributed by atoms with Crippen LogP contribution in [-0.4, -0.2) is 46.5 Å². The Hall–Kier alpha value is -2.50. The molecule has 1 aromatic carbocycles. The van der Waals surface area contributed by atoms with Crippen LogP contribution in [0.15, 0.2) is 30.5 Å². The maximum absolute atomic E-state index is 12.5. The average Bonchev–Trinajstić information content (AvgIpc) is 3.01. The van der Waals surface area contributed by atoms with Gasteiger partial charge in [0, 0.05) is 47.3 Å². The summed E-state index contributed by atoms with van der Waals surface area (Å²) in [5.41, 5.74) is 1.45. The molecule has 1 fully saturated rings. The Morgan fingerprint density at radius 2 is 1.88 bits per heavy atom. The molecule has 0 radical (unpaired) electrons. The first-order chi connectivity index (χ1) is 11.8. The SMILES string of the molecule is CC(C)(C)NC(=O)N1CCC(NC(=O)c2ccc3[nH]ccc3c2)CC1. The van der Waals surface area contributed by atoms with Gasteiger partial charge in [-0.3, -0.25) is 4.79 Å². The summed E-state index contributed by atoms with van der Waals surface area (Å²) in [6.45, 7) is 7.23. The fraction of sp³-hybridized carbons (Fsp3) is 0.474. The molecule has 3 amide bonds. The summed E-state index contributed by atoms with van der Waals surface area (Å²) in [6.07, 6.45) is 3.41. The quantitative estimate of drug-likeness (QED) is 0.785.